The van der Waals surface area contributed by atoms with Crippen molar-refractivity contribution in [3.8, 4) is 0 Å². The summed E-state index contributed by atoms with van der Waals surface area (Å²) in [5, 5.41) is 2.93. The molecule has 0 saturated heterocycles. The minimum Gasteiger partial charge on any atom is -0.351 e. The topological polar surface area (TPSA) is 63.2 Å². The monoisotopic (exact) mass is 351 g/mol. The quantitative estimate of drug-likeness (QED) is 0.823. The third-order valence-corrected chi connectivity index (χ3v) is 5.23. The molecule has 1 N–H and O–H groups in total. The molecule has 1 amide bonds. The van der Waals surface area contributed by atoms with Gasteiger partial charge in [0, 0.05) is 27.8 Å². The molecule has 0 heterocycles. The average molecular weight is 352 g/mol. The van der Waals surface area contributed by atoms with E-state index in [1.165, 1.54) is 18.2 Å². The first-order valence-electron chi connectivity index (χ1n) is 6.47. The maximum absolute atomic E-state index is 12.1. The Morgan fingerprint density at radius 2 is 1.86 bits per heavy atom. The third-order valence-electron chi connectivity index (χ3n) is 3.68. The van der Waals surface area contributed by atoms with Crippen molar-refractivity contribution in [1.29, 1.82) is 0 Å². The lowest BCUT2D eigenvalue weighted by Gasteiger charge is -2.29. The van der Waals surface area contributed by atoms with Crippen LogP contribution in [0.15, 0.2) is 23.1 Å². The van der Waals surface area contributed by atoms with Crippen molar-refractivity contribution in [2.75, 3.05) is 6.54 Å². The highest BCUT2D eigenvalue weighted by molar-refractivity contribution is 8.13. The van der Waals surface area contributed by atoms with Crippen LogP contribution >= 0.6 is 22.3 Å². The highest BCUT2D eigenvalue weighted by Gasteiger charge is 2.23. The van der Waals surface area contributed by atoms with Crippen molar-refractivity contribution >= 4 is 37.2 Å². The highest BCUT2D eigenvalue weighted by Crippen LogP contribution is 2.25. The largest absolute Gasteiger partial charge is 0.351 e. The van der Waals surface area contributed by atoms with E-state index in [4.69, 9.17) is 22.3 Å². The molecule has 7 heteroatoms. The van der Waals surface area contributed by atoms with Crippen LogP contribution in [0.3, 0.4) is 0 Å². The Bertz CT molecular complexity index is 640. The Balaban J connectivity index is 2.97. The number of rotatable bonds is 5. The van der Waals surface area contributed by atoms with E-state index in [1.807, 2.05) is 13.8 Å². The summed E-state index contributed by atoms with van der Waals surface area (Å²) in [6.45, 7) is 8.71. The first-order chi connectivity index (χ1) is 9.43. The van der Waals surface area contributed by atoms with Crippen molar-refractivity contribution in [3.05, 3.63) is 28.8 Å². The first kappa shape index (κ1) is 18.3. The second-order valence-corrected chi connectivity index (χ2v) is 8.94. The molecule has 1 aromatic carbocycles. The molecule has 0 unspecified atom stereocenters. The fourth-order valence-corrected chi connectivity index (χ4v) is 2.55. The molecule has 4 nitrogen and oxygen atoms in total. The Kier molecular flexibility index (Phi) is 5.69. The van der Waals surface area contributed by atoms with Crippen LogP contribution in [0.4, 0.5) is 0 Å². The molecule has 0 bridgehead atoms. The molecule has 0 atom stereocenters. The van der Waals surface area contributed by atoms with E-state index in [2.05, 4.69) is 19.2 Å². The molecule has 0 aliphatic heterocycles. The molecule has 0 aliphatic carbocycles. The fourth-order valence-electron chi connectivity index (χ4n) is 1.45. The van der Waals surface area contributed by atoms with Crippen molar-refractivity contribution in [2.45, 2.75) is 32.6 Å². The summed E-state index contributed by atoms with van der Waals surface area (Å²) in [6.07, 6.45) is 0. The van der Waals surface area contributed by atoms with Crippen molar-refractivity contribution in [3.63, 3.8) is 0 Å². The molecule has 21 heavy (non-hydrogen) atoms. The van der Waals surface area contributed by atoms with Crippen LogP contribution in [-0.4, -0.2) is 20.9 Å². The van der Waals surface area contributed by atoms with Gasteiger partial charge in [-0.3, -0.25) is 4.79 Å². The van der Waals surface area contributed by atoms with Crippen LogP contribution in [0, 0.1) is 11.3 Å². The number of halogens is 2. The van der Waals surface area contributed by atoms with Gasteiger partial charge in [-0.25, -0.2) is 8.42 Å². The van der Waals surface area contributed by atoms with Crippen LogP contribution in [0.5, 0.6) is 0 Å². The number of benzene rings is 1. The van der Waals surface area contributed by atoms with E-state index in [9.17, 15) is 13.2 Å². The Morgan fingerprint density at radius 3 is 2.33 bits per heavy atom. The lowest BCUT2D eigenvalue weighted by molar-refractivity contribution is 0.0924. The molecule has 0 fully saturated rings. The van der Waals surface area contributed by atoms with E-state index in [-0.39, 0.29) is 26.8 Å². The molecule has 0 spiro atoms. The zero-order chi connectivity index (χ0) is 16.4. The highest BCUT2D eigenvalue weighted by atomic mass is 35.7. The van der Waals surface area contributed by atoms with Crippen LogP contribution < -0.4 is 5.32 Å². The second-order valence-electron chi connectivity index (χ2n) is 5.94. The predicted octanol–water partition coefficient (Wildman–Crippen LogP) is 3.68. The Morgan fingerprint density at radius 1 is 1.29 bits per heavy atom. The van der Waals surface area contributed by atoms with Crippen molar-refractivity contribution in [1.82, 2.24) is 5.32 Å². The summed E-state index contributed by atoms with van der Waals surface area (Å²) < 4.78 is 22.7. The van der Waals surface area contributed by atoms with Crippen molar-refractivity contribution < 1.29 is 13.2 Å². The Hall–Kier alpha value is -0.780. The van der Waals surface area contributed by atoms with Gasteiger partial charge in [-0.2, -0.15) is 0 Å². The minimum absolute atomic E-state index is 0.0738. The van der Waals surface area contributed by atoms with Gasteiger partial charge in [0.1, 0.15) is 0 Å². The summed E-state index contributed by atoms with van der Waals surface area (Å²) in [5.74, 6) is 0.00346. The summed E-state index contributed by atoms with van der Waals surface area (Å²) in [5.41, 5.74) is 0.0941. The summed E-state index contributed by atoms with van der Waals surface area (Å²) in [4.78, 5) is 11.9. The maximum Gasteiger partial charge on any atom is 0.261 e. The van der Waals surface area contributed by atoms with Gasteiger partial charge in [0.25, 0.3) is 15.0 Å². The molecular weight excluding hydrogens is 333 g/mol. The molecule has 0 aromatic heterocycles. The molecule has 0 aliphatic rings. The van der Waals surface area contributed by atoms with Crippen LogP contribution in [-0.2, 0) is 9.05 Å². The molecule has 1 aromatic rings. The molecule has 1 rings (SSSR count). The fraction of sp³-hybridized carbons (Fsp3) is 0.500. The van der Waals surface area contributed by atoms with Gasteiger partial charge in [-0.05, 0) is 29.5 Å². The third kappa shape index (κ3) is 5.16. The van der Waals surface area contributed by atoms with Crippen LogP contribution in [0.2, 0.25) is 5.02 Å². The van der Waals surface area contributed by atoms with E-state index in [0.717, 1.165) is 0 Å². The SMILES string of the molecule is CC(C)C(C)(C)CNC(=O)c1cc(Cl)cc(S(=O)(=O)Cl)c1. The minimum atomic E-state index is -3.93. The summed E-state index contributed by atoms with van der Waals surface area (Å²) >= 11 is 5.84. The van der Waals surface area contributed by atoms with Gasteiger partial charge in [0.2, 0.25) is 0 Å². The smallest absolute Gasteiger partial charge is 0.261 e. The molecule has 0 saturated carbocycles. The van der Waals surface area contributed by atoms with Gasteiger partial charge in [-0.1, -0.05) is 39.3 Å². The summed E-state index contributed by atoms with van der Waals surface area (Å²) in [7, 11) is 1.35. The van der Waals surface area contributed by atoms with E-state index in [0.29, 0.717) is 12.5 Å². The number of carbonyl (C=O) groups excluding carboxylic acids is 1. The number of hydrogen-bond donors (Lipinski definition) is 1. The zero-order valence-electron chi connectivity index (χ0n) is 12.4. The zero-order valence-corrected chi connectivity index (χ0v) is 14.7. The molecule has 118 valence electrons. The van der Waals surface area contributed by atoms with Gasteiger partial charge in [0.15, 0.2) is 0 Å². The van der Waals surface area contributed by atoms with Gasteiger partial charge in [-0.15, -0.1) is 0 Å². The van der Waals surface area contributed by atoms with Crippen LogP contribution in [0.25, 0.3) is 0 Å². The average Bonchev–Trinajstić information content (AvgIpc) is 2.34. The van der Waals surface area contributed by atoms with E-state index in [1.54, 1.807) is 0 Å². The predicted molar refractivity (Wildman–Crippen MR) is 85.4 cm³/mol. The van der Waals surface area contributed by atoms with Crippen LogP contribution in [0.1, 0.15) is 38.1 Å². The Labute approximate surface area is 135 Å². The maximum atomic E-state index is 12.1. The lowest BCUT2D eigenvalue weighted by Crippen LogP contribution is -2.37. The second kappa shape index (κ2) is 6.55. The standard InChI is InChI=1S/C14H19Cl2NO3S/c1-9(2)14(3,4)8-17-13(18)10-5-11(15)7-12(6-10)21(16,19)20/h5-7,9H,8H2,1-4H3,(H,17,18). The van der Waals surface area contributed by atoms with Gasteiger partial charge >= 0.3 is 0 Å². The first-order valence-corrected chi connectivity index (χ1v) is 9.15. The summed E-state index contributed by atoms with van der Waals surface area (Å²) in [6, 6.07) is 3.83. The van der Waals surface area contributed by atoms with Gasteiger partial charge in [0.05, 0.1) is 4.90 Å². The molecular formula is C14H19Cl2NO3S. The number of amides is 1. The number of hydrogen-bond acceptors (Lipinski definition) is 3. The van der Waals surface area contributed by atoms with Gasteiger partial charge < -0.3 is 5.32 Å². The van der Waals surface area contributed by atoms with E-state index >= 15 is 0 Å². The molecule has 0 radical (unpaired) electrons. The lowest BCUT2D eigenvalue weighted by atomic mass is 9.81. The number of nitrogens with one attached hydrogen (secondary N) is 1. The van der Waals surface area contributed by atoms with E-state index < -0.39 is 9.05 Å². The number of carbonyl (C=O) groups is 1. The van der Waals surface area contributed by atoms with Crippen molar-refractivity contribution in [2.24, 2.45) is 11.3 Å². The normalized spacial score (nSPS) is 12.5.